The molecule has 0 radical (unpaired) electrons. The number of carbonyl (C=O) groups is 2. The second-order valence-electron chi connectivity index (χ2n) is 9.75. The summed E-state index contributed by atoms with van der Waals surface area (Å²) in [7, 11) is 0. The zero-order valence-electron chi connectivity index (χ0n) is 21.7. The summed E-state index contributed by atoms with van der Waals surface area (Å²) in [5.74, 6) is -0.486. The lowest BCUT2D eigenvalue weighted by Crippen LogP contribution is -2.52. The second-order valence-corrected chi connectivity index (χ2v) is 10.8. The molecule has 202 valence electrons. The lowest BCUT2D eigenvalue weighted by Gasteiger charge is -2.38. The van der Waals surface area contributed by atoms with Gasteiger partial charge in [-0.05, 0) is 66.9 Å². The van der Waals surface area contributed by atoms with Crippen LogP contribution in [0, 0.1) is 13.8 Å². The van der Waals surface area contributed by atoms with Crippen LogP contribution in [0.15, 0.2) is 76.5 Å². The molecule has 1 fully saturated rings. The van der Waals surface area contributed by atoms with Crippen molar-refractivity contribution >= 4 is 41.0 Å². The molecule has 0 aromatic heterocycles. The smallest absolute Gasteiger partial charge is 0.368 e. The molecule has 5 rings (SSSR count). The highest BCUT2D eigenvalue weighted by Gasteiger charge is 2.33. The molecule has 0 aliphatic carbocycles. The van der Waals surface area contributed by atoms with Gasteiger partial charge in [0.25, 0.3) is 5.91 Å². The Labute approximate surface area is 229 Å². The Morgan fingerprint density at radius 1 is 0.923 bits per heavy atom. The Morgan fingerprint density at radius 3 is 2.31 bits per heavy atom. The maximum absolute atomic E-state index is 13.5. The Balaban J connectivity index is 1.32. The first kappa shape index (κ1) is 26.9. The number of anilines is 2. The number of hydrogen-bond acceptors (Lipinski definition) is 4. The van der Waals surface area contributed by atoms with Gasteiger partial charge in [0.2, 0.25) is 5.91 Å². The van der Waals surface area contributed by atoms with Gasteiger partial charge in [0.1, 0.15) is 6.54 Å². The summed E-state index contributed by atoms with van der Waals surface area (Å²) in [5.41, 5.74) is 3.95. The molecule has 2 aliphatic rings. The number of piperazine rings is 1. The van der Waals surface area contributed by atoms with E-state index in [1.165, 1.54) is 45.6 Å². The summed E-state index contributed by atoms with van der Waals surface area (Å²) >= 11 is 1.25. The van der Waals surface area contributed by atoms with E-state index >= 15 is 0 Å². The number of nitrogens with zero attached hydrogens (tertiary/aromatic N) is 3. The van der Waals surface area contributed by atoms with Crippen LogP contribution < -0.4 is 9.80 Å². The molecule has 3 aromatic carbocycles. The molecular formula is C30H28F3N3O2S. The summed E-state index contributed by atoms with van der Waals surface area (Å²) in [6.45, 7) is 6.56. The van der Waals surface area contributed by atoms with Crippen LogP contribution in [-0.2, 0) is 15.8 Å². The average Bonchev–Trinajstić information content (AvgIpc) is 2.92. The van der Waals surface area contributed by atoms with Crippen molar-refractivity contribution in [2.45, 2.75) is 24.9 Å². The second kappa shape index (κ2) is 10.8. The summed E-state index contributed by atoms with van der Waals surface area (Å²) in [5, 5.41) is 0. The van der Waals surface area contributed by atoms with Crippen LogP contribution in [-0.4, -0.2) is 49.4 Å². The molecule has 5 nitrogen and oxygen atoms in total. The van der Waals surface area contributed by atoms with Crippen LogP contribution in [0.5, 0.6) is 0 Å². The van der Waals surface area contributed by atoms with Crippen LogP contribution in [0.4, 0.5) is 24.5 Å². The zero-order valence-corrected chi connectivity index (χ0v) is 22.5. The molecule has 9 heteroatoms. The number of carbonyl (C=O) groups excluding carboxylic acids is 2. The predicted molar refractivity (Wildman–Crippen MR) is 149 cm³/mol. The van der Waals surface area contributed by atoms with Crippen molar-refractivity contribution in [1.82, 2.24) is 4.90 Å². The zero-order chi connectivity index (χ0) is 27.7. The number of fused-ring (bicyclic) bond motifs is 1. The maximum Gasteiger partial charge on any atom is 0.416 e. The fourth-order valence-electron chi connectivity index (χ4n) is 4.83. The molecule has 0 unspecified atom stereocenters. The van der Waals surface area contributed by atoms with Crippen molar-refractivity contribution in [2.75, 3.05) is 42.5 Å². The summed E-state index contributed by atoms with van der Waals surface area (Å²) in [4.78, 5) is 33.6. The van der Waals surface area contributed by atoms with Gasteiger partial charge in [0, 0.05) is 36.8 Å². The quantitative estimate of drug-likeness (QED) is 0.365. The number of amides is 2. The van der Waals surface area contributed by atoms with Gasteiger partial charge < -0.3 is 9.80 Å². The Bertz CT molecular complexity index is 1430. The molecule has 1 saturated heterocycles. The topological polar surface area (TPSA) is 43.9 Å². The third kappa shape index (κ3) is 5.83. The first-order chi connectivity index (χ1) is 18.6. The number of alkyl halides is 3. The Kier molecular flexibility index (Phi) is 7.44. The normalized spacial score (nSPS) is 17.0. The molecule has 0 N–H and O–H groups in total. The van der Waals surface area contributed by atoms with Crippen LogP contribution in [0.3, 0.4) is 0 Å². The number of para-hydroxylation sites is 1. The Hall–Kier alpha value is -3.72. The third-order valence-corrected chi connectivity index (χ3v) is 8.08. The van der Waals surface area contributed by atoms with E-state index in [1.807, 2.05) is 18.2 Å². The highest BCUT2D eigenvalue weighted by molar-refractivity contribution is 8.04. The highest BCUT2D eigenvalue weighted by atomic mass is 32.2. The van der Waals surface area contributed by atoms with Crippen molar-refractivity contribution in [1.29, 1.82) is 0 Å². The van der Waals surface area contributed by atoms with Crippen molar-refractivity contribution in [3.63, 3.8) is 0 Å². The molecule has 0 spiro atoms. The van der Waals surface area contributed by atoms with Gasteiger partial charge in [-0.15, -0.1) is 0 Å². The molecule has 2 amide bonds. The first-order valence-corrected chi connectivity index (χ1v) is 13.5. The molecular weight excluding hydrogens is 523 g/mol. The molecule has 0 saturated carbocycles. The van der Waals surface area contributed by atoms with Crippen LogP contribution in [0.2, 0.25) is 0 Å². The van der Waals surface area contributed by atoms with Crippen molar-refractivity contribution in [3.8, 4) is 0 Å². The van der Waals surface area contributed by atoms with Crippen LogP contribution in [0.1, 0.15) is 22.3 Å². The number of hydrogen-bond donors (Lipinski definition) is 0. The van der Waals surface area contributed by atoms with Gasteiger partial charge in [0.15, 0.2) is 0 Å². The van der Waals surface area contributed by atoms with Gasteiger partial charge >= 0.3 is 6.18 Å². The molecule has 39 heavy (non-hydrogen) atoms. The monoisotopic (exact) mass is 551 g/mol. The number of benzene rings is 3. The van der Waals surface area contributed by atoms with E-state index < -0.39 is 11.7 Å². The third-order valence-electron chi connectivity index (χ3n) is 7.00. The Morgan fingerprint density at radius 2 is 1.62 bits per heavy atom. The molecule has 0 atom stereocenters. The molecule has 0 bridgehead atoms. The number of rotatable bonds is 4. The van der Waals surface area contributed by atoms with Crippen molar-refractivity contribution < 1.29 is 22.8 Å². The van der Waals surface area contributed by atoms with E-state index in [1.54, 1.807) is 17.0 Å². The van der Waals surface area contributed by atoms with E-state index in [-0.39, 0.29) is 18.4 Å². The van der Waals surface area contributed by atoms with E-state index in [4.69, 9.17) is 0 Å². The summed E-state index contributed by atoms with van der Waals surface area (Å²) in [6, 6.07) is 18.4. The van der Waals surface area contributed by atoms with Crippen LogP contribution >= 0.6 is 11.8 Å². The minimum absolute atomic E-state index is 0.107. The van der Waals surface area contributed by atoms with Gasteiger partial charge in [0.05, 0.1) is 16.2 Å². The molecule has 2 heterocycles. The van der Waals surface area contributed by atoms with Gasteiger partial charge in [-0.2, -0.15) is 13.2 Å². The van der Waals surface area contributed by atoms with Crippen molar-refractivity contribution in [3.05, 3.63) is 93.9 Å². The summed E-state index contributed by atoms with van der Waals surface area (Å²) < 4.78 is 38.9. The fraction of sp³-hybridized carbons (Fsp3) is 0.267. The van der Waals surface area contributed by atoms with E-state index in [0.29, 0.717) is 42.3 Å². The standard InChI is InChI=1S/C30H28F3N3O2S/c1-20-7-8-21(2)25(17-20)34-13-15-35(16-14-34)28(37)19-36-24-5-3-4-6-26(24)39-27(29(36)38)18-22-9-11-23(12-10-22)30(31,32)33/h3-12,17-18H,13-16,19H2,1-2H3/b27-18+. The van der Waals surface area contributed by atoms with E-state index in [2.05, 4.69) is 36.9 Å². The summed E-state index contributed by atoms with van der Waals surface area (Å²) in [6.07, 6.45) is -2.86. The predicted octanol–water partition coefficient (Wildman–Crippen LogP) is 6.15. The van der Waals surface area contributed by atoms with E-state index in [0.717, 1.165) is 17.0 Å². The van der Waals surface area contributed by atoms with Gasteiger partial charge in [-0.1, -0.05) is 48.2 Å². The number of halogens is 3. The average molecular weight is 552 g/mol. The first-order valence-electron chi connectivity index (χ1n) is 12.7. The van der Waals surface area contributed by atoms with Gasteiger partial charge in [-0.25, -0.2) is 0 Å². The number of aryl methyl sites for hydroxylation is 2. The van der Waals surface area contributed by atoms with Crippen molar-refractivity contribution in [2.24, 2.45) is 0 Å². The fourth-order valence-corrected chi connectivity index (χ4v) is 5.89. The van der Waals surface area contributed by atoms with E-state index in [9.17, 15) is 22.8 Å². The highest BCUT2D eigenvalue weighted by Crippen LogP contribution is 2.42. The SMILES string of the molecule is Cc1ccc(C)c(N2CCN(C(=O)CN3C(=O)/C(=C\c4ccc(C(F)(F)F)cc4)Sc4ccccc43)CC2)c1. The minimum atomic E-state index is -4.43. The maximum atomic E-state index is 13.5. The van der Waals surface area contributed by atoms with Crippen LogP contribution in [0.25, 0.3) is 6.08 Å². The number of thioether (sulfide) groups is 1. The lowest BCUT2D eigenvalue weighted by atomic mass is 10.1. The molecule has 3 aromatic rings. The lowest BCUT2D eigenvalue weighted by molar-refractivity contribution is -0.137. The molecule has 2 aliphatic heterocycles. The largest absolute Gasteiger partial charge is 0.416 e. The van der Waals surface area contributed by atoms with Gasteiger partial charge in [-0.3, -0.25) is 14.5 Å². The minimum Gasteiger partial charge on any atom is -0.368 e.